The van der Waals surface area contributed by atoms with Gasteiger partial charge in [-0.05, 0) is 37.0 Å². The molecule has 0 saturated carbocycles. The summed E-state index contributed by atoms with van der Waals surface area (Å²) in [5.41, 5.74) is 2.69. The van der Waals surface area contributed by atoms with Crippen molar-refractivity contribution in [2.75, 3.05) is 19.6 Å². The predicted molar refractivity (Wildman–Crippen MR) is 101 cm³/mol. The standard InChI is InChI=1S/C21H27N3O2/c1-2-23-11-8-18(14-23)19-21(16-22-19)9-12-24(13-10-21)20(25)26-15-17-6-4-3-5-7-17/h3-8,11,14,19,22H,2,9-10,12-13,15-16H2,1H3/t19-/m0/s1. The summed E-state index contributed by atoms with van der Waals surface area (Å²) in [6, 6.07) is 12.5. The number of carbonyl (C=O) groups excluding carboxylic acids is 1. The first-order valence-corrected chi connectivity index (χ1v) is 9.55. The van der Waals surface area contributed by atoms with Crippen molar-refractivity contribution in [3.05, 3.63) is 59.9 Å². The topological polar surface area (TPSA) is 46.5 Å². The van der Waals surface area contributed by atoms with Crippen LogP contribution >= 0.6 is 0 Å². The Balaban J connectivity index is 1.31. The maximum absolute atomic E-state index is 12.4. The summed E-state index contributed by atoms with van der Waals surface area (Å²) in [6.07, 6.45) is 6.27. The minimum absolute atomic E-state index is 0.190. The van der Waals surface area contributed by atoms with Gasteiger partial charge in [0, 0.05) is 50.0 Å². The van der Waals surface area contributed by atoms with E-state index in [0.29, 0.717) is 12.6 Å². The first-order chi connectivity index (χ1) is 12.7. The highest BCUT2D eigenvalue weighted by Gasteiger charge is 2.49. The molecule has 5 nitrogen and oxygen atoms in total. The maximum Gasteiger partial charge on any atom is 0.410 e. The number of hydrogen-bond donors (Lipinski definition) is 1. The summed E-state index contributed by atoms with van der Waals surface area (Å²) in [5, 5.41) is 3.60. The van der Waals surface area contributed by atoms with Crippen LogP contribution in [0.15, 0.2) is 48.8 Å². The fraction of sp³-hybridized carbons (Fsp3) is 0.476. The van der Waals surface area contributed by atoms with Gasteiger partial charge in [0.1, 0.15) is 6.61 Å². The van der Waals surface area contributed by atoms with Crippen molar-refractivity contribution in [2.45, 2.75) is 39.0 Å². The molecule has 5 heteroatoms. The van der Waals surface area contributed by atoms with Crippen molar-refractivity contribution in [2.24, 2.45) is 5.41 Å². The fourth-order valence-corrected chi connectivity index (χ4v) is 4.20. The van der Waals surface area contributed by atoms with E-state index in [-0.39, 0.29) is 11.5 Å². The summed E-state index contributed by atoms with van der Waals surface area (Å²) in [4.78, 5) is 14.2. The average Bonchev–Trinajstić information content (AvgIpc) is 3.14. The number of nitrogens with one attached hydrogen (secondary N) is 1. The molecule has 1 aromatic heterocycles. The second-order valence-electron chi connectivity index (χ2n) is 7.48. The highest BCUT2D eigenvalue weighted by Crippen LogP contribution is 2.48. The highest BCUT2D eigenvalue weighted by molar-refractivity contribution is 5.67. The van der Waals surface area contributed by atoms with Crippen molar-refractivity contribution in [3.63, 3.8) is 0 Å². The highest BCUT2D eigenvalue weighted by atomic mass is 16.6. The fourth-order valence-electron chi connectivity index (χ4n) is 4.20. The normalized spacial score (nSPS) is 21.4. The third kappa shape index (κ3) is 3.23. The van der Waals surface area contributed by atoms with Gasteiger partial charge >= 0.3 is 6.09 Å². The first-order valence-electron chi connectivity index (χ1n) is 9.55. The molecule has 1 amide bonds. The van der Waals surface area contributed by atoms with Crippen LogP contribution in [0.5, 0.6) is 0 Å². The molecule has 2 aromatic rings. The van der Waals surface area contributed by atoms with E-state index in [9.17, 15) is 4.79 Å². The average molecular weight is 353 g/mol. The van der Waals surface area contributed by atoms with Gasteiger partial charge in [0.2, 0.25) is 0 Å². The molecule has 0 unspecified atom stereocenters. The van der Waals surface area contributed by atoms with E-state index >= 15 is 0 Å². The largest absolute Gasteiger partial charge is 0.445 e. The first kappa shape index (κ1) is 17.2. The van der Waals surface area contributed by atoms with E-state index in [1.54, 1.807) is 0 Å². The molecule has 1 aromatic carbocycles. The predicted octanol–water partition coefficient (Wildman–Crippen LogP) is 3.57. The Morgan fingerprint density at radius 2 is 2.00 bits per heavy atom. The van der Waals surface area contributed by atoms with Gasteiger partial charge in [-0.3, -0.25) is 0 Å². The van der Waals surface area contributed by atoms with Crippen LogP contribution in [0.2, 0.25) is 0 Å². The lowest BCUT2D eigenvalue weighted by atomic mass is 9.65. The zero-order valence-electron chi connectivity index (χ0n) is 15.4. The minimum atomic E-state index is -0.190. The second kappa shape index (κ2) is 7.16. The van der Waals surface area contributed by atoms with Gasteiger partial charge in [0.15, 0.2) is 0 Å². The van der Waals surface area contributed by atoms with Gasteiger partial charge in [-0.2, -0.15) is 0 Å². The molecular formula is C21H27N3O2. The number of aryl methyl sites for hydroxylation is 1. The van der Waals surface area contributed by atoms with Crippen LogP contribution in [0.1, 0.15) is 36.9 Å². The number of rotatable bonds is 4. The molecule has 1 spiro atoms. The molecule has 4 rings (SSSR count). The van der Waals surface area contributed by atoms with E-state index in [0.717, 1.165) is 44.6 Å². The molecule has 1 atom stereocenters. The number of ether oxygens (including phenoxy) is 1. The molecule has 0 aliphatic carbocycles. The van der Waals surface area contributed by atoms with Gasteiger partial charge in [0.25, 0.3) is 0 Å². The van der Waals surface area contributed by atoms with Crippen LogP contribution < -0.4 is 5.32 Å². The zero-order valence-corrected chi connectivity index (χ0v) is 15.4. The number of piperidine rings is 1. The molecule has 2 saturated heterocycles. The molecule has 0 radical (unpaired) electrons. The van der Waals surface area contributed by atoms with Crippen LogP contribution in [0.3, 0.4) is 0 Å². The third-order valence-corrected chi connectivity index (χ3v) is 5.97. The Bertz CT molecular complexity index is 748. The SMILES string of the molecule is CCn1ccc([C@@H]2NCC23CCN(C(=O)OCc2ccccc2)CC3)c1. The Hall–Kier alpha value is -2.27. The van der Waals surface area contributed by atoms with Gasteiger partial charge in [-0.15, -0.1) is 0 Å². The van der Waals surface area contributed by atoms with Crippen molar-refractivity contribution in [3.8, 4) is 0 Å². The van der Waals surface area contributed by atoms with E-state index < -0.39 is 0 Å². The Morgan fingerprint density at radius 3 is 2.62 bits per heavy atom. The smallest absolute Gasteiger partial charge is 0.410 e. The number of nitrogens with zero attached hydrogens (tertiary/aromatic N) is 2. The number of carbonyl (C=O) groups is 1. The van der Waals surface area contributed by atoms with Crippen molar-refractivity contribution in [1.29, 1.82) is 0 Å². The van der Waals surface area contributed by atoms with Gasteiger partial charge < -0.3 is 19.5 Å². The molecule has 3 heterocycles. The molecule has 1 N–H and O–H groups in total. The van der Waals surface area contributed by atoms with Crippen molar-refractivity contribution in [1.82, 2.24) is 14.8 Å². The van der Waals surface area contributed by atoms with Gasteiger partial charge in [-0.25, -0.2) is 4.79 Å². The van der Waals surface area contributed by atoms with E-state index in [1.807, 2.05) is 35.2 Å². The lowest BCUT2D eigenvalue weighted by Gasteiger charge is -2.54. The summed E-state index contributed by atoms with van der Waals surface area (Å²) >= 11 is 0. The second-order valence-corrected chi connectivity index (χ2v) is 7.48. The Morgan fingerprint density at radius 1 is 1.23 bits per heavy atom. The molecule has 2 aliphatic heterocycles. The minimum Gasteiger partial charge on any atom is -0.445 e. The number of benzene rings is 1. The monoisotopic (exact) mass is 353 g/mol. The quantitative estimate of drug-likeness (QED) is 0.914. The van der Waals surface area contributed by atoms with E-state index in [2.05, 4.69) is 35.3 Å². The summed E-state index contributed by atoms with van der Waals surface area (Å²) in [5.74, 6) is 0. The van der Waals surface area contributed by atoms with Gasteiger partial charge in [-0.1, -0.05) is 30.3 Å². The third-order valence-electron chi connectivity index (χ3n) is 5.97. The van der Waals surface area contributed by atoms with Crippen molar-refractivity contribution < 1.29 is 9.53 Å². The van der Waals surface area contributed by atoms with Crippen LogP contribution in [-0.4, -0.2) is 35.2 Å². The molecule has 2 fully saturated rings. The van der Waals surface area contributed by atoms with E-state index in [4.69, 9.17) is 4.74 Å². The summed E-state index contributed by atoms with van der Waals surface area (Å²) in [7, 11) is 0. The zero-order chi connectivity index (χ0) is 18.0. The number of aromatic nitrogens is 1. The van der Waals surface area contributed by atoms with Crippen molar-refractivity contribution >= 4 is 6.09 Å². The molecule has 0 bridgehead atoms. The van der Waals surface area contributed by atoms with Crippen LogP contribution in [0.4, 0.5) is 4.79 Å². The van der Waals surface area contributed by atoms with Gasteiger partial charge in [0.05, 0.1) is 0 Å². The molecule has 138 valence electrons. The van der Waals surface area contributed by atoms with E-state index in [1.165, 1.54) is 5.56 Å². The van der Waals surface area contributed by atoms with Crippen LogP contribution in [0, 0.1) is 5.41 Å². The molecule has 2 aliphatic rings. The number of likely N-dealkylation sites (tertiary alicyclic amines) is 1. The Kier molecular flexibility index (Phi) is 4.72. The Labute approximate surface area is 154 Å². The molecule has 26 heavy (non-hydrogen) atoms. The van der Waals surface area contributed by atoms with Crippen LogP contribution in [0.25, 0.3) is 0 Å². The number of amides is 1. The summed E-state index contributed by atoms with van der Waals surface area (Å²) < 4.78 is 7.71. The number of hydrogen-bond acceptors (Lipinski definition) is 3. The van der Waals surface area contributed by atoms with Crippen LogP contribution in [-0.2, 0) is 17.9 Å². The lowest BCUT2D eigenvalue weighted by Crippen LogP contribution is -2.60. The summed E-state index contributed by atoms with van der Waals surface area (Å²) in [6.45, 7) is 6.10. The maximum atomic E-state index is 12.4. The lowest BCUT2D eigenvalue weighted by molar-refractivity contribution is 0.0000782. The molecular weight excluding hydrogens is 326 g/mol.